The lowest BCUT2D eigenvalue weighted by Gasteiger charge is -2.44. The van der Waals surface area contributed by atoms with E-state index < -0.39 is 0 Å². The van der Waals surface area contributed by atoms with Gasteiger partial charge in [0.05, 0.1) is 0 Å². The Morgan fingerprint density at radius 3 is 2.30 bits per heavy atom. The zero-order valence-electron chi connectivity index (χ0n) is 13.3. The van der Waals surface area contributed by atoms with E-state index in [1.807, 2.05) is 0 Å². The number of rotatable bonds is 3. The molecule has 2 fully saturated rings. The Balaban J connectivity index is 1.87. The maximum absolute atomic E-state index is 3.80. The van der Waals surface area contributed by atoms with Crippen LogP contribution in [-0.4, -0.2) is 25.2 Å². The van der Waals surface area contributed by atoms with Crippen LogP contribution in [0.25, 0.3) is 0 Å². The Labute approximate surface area is 123 Å². The van der Waals surface area contributed by atoms with Gasteiger partial charge in [-0.05, 0) is 61.8 Å². The molecule has 1 N–H and O–H groups in total. The Morgan fingerprint density at radius 1 is 1.10 bits per heavy atom. The number of aryl methyl sites for hydroxylation is 2. The van der Waals surface area contributed by atoms with Crippen molar-refractivity contribution >= 4 is 5.69 Å². The van der Waals surface area contributed by atoms with Crippen molar-refractivity contribution in [1.29, 1.82) is 0 Å². The molecule has 1 aromatic carbocycles. The van der Waals surface area contributed by atoms with E-state index in [4.69, 9.17) is 0 Å². The van der Waals surface area contributed by atoms with Crippen molar-refractivity contribution in [1.82, 2.24) is 5.32 Å². The minimum absolute atomic E-state index is 0.617. The summed E-state index contributed by atoms with van der Waals surface area (Å²) in [5, 5.41) is 3.80. The van der Waals surface area contributed by atoms with E-state index in [2.05, 4.69) is 56.1 Å². The van der Waals surface area contributed by atoms with Gasteiger partial charge >= 0.3 is 0 Å². The van der Waals surface area contributed by atoms with Crippen LogP contribution in [-0.2, 0) is 0 Å². The highest BCUT2D eigenvalue weighted by molar-refractivity contribution is 5.52. The summed E-state index contributed by atoms with van der Waals surface area (Å²) in [6, 6.07) is 8.31. The summed E-state index contributed by atoms with van der Waals surface area (Å²) >= 11 is 0. The van der Waals surface area contributed by atoms with Crippen LogP contribution in [0, 0.1) is 25.7 Å². The lowest BCUT2D eigenvalue weighted by Crippen LogP contribution is -2.59. The van der Waals surface area contributed by atoms with Crippen LogP contribution in [0.4, 0.5) is 5.69 Å². The van der Waals surface area contributed by atoms with Gasteiger partial charge in [0.1, 0.15) is 0 Å². The molecule has 110 valence electrons. The average molecular weight is 272 g/mol. The molecule has 2 nitrogen and oxygen atoms in total. The van der Waals surface area contributed by atoms with Gasteiger partial charge in [-0.2, -0.15) is 0 Å². The lowest BCUT2D eigenvalue weighted by atomic mass is 9.95. The average Bonchev–Trinajstić information content (AvgIpc) is 3.21. The number of piperazine rings is 1. The van der Waals surface area contributed by atoms with Crippen LogP contribution in [0.15, 0.2) is 18.2 Å². The summed E-state index contributed by atoms with van der Waals surface area (Å²) in [7, 11) is 0. The number of nitrogens with zero attached hydrogens (tertiary/aromatic N) is 1. The first kappa shape index (κ1) is 13.9. The van der Waals surface area contributed by atoms with E-state index in [0.717, 1.165) is 12.5 Å². The summed E-state index contributed by atoms with van der Waals surface area (Å²) in [4.78, 5) is 2.67. The maximum Gasteiger partial charge on any atom is 0.0438 e. The largest absolute Gasteiger partial charge is 0.365 e. The summed E-state index contributed by atoms with van der Waals surface area (Å²) < 4.78 is 0. The zero-order chi connectivity index (χ0) is 14.3. The number of nitrogens with one attached hydrogen (secondary N) is 1. The Bertz CT molecular complexity index is 456. The minimum atomic E-state index is 0.617. The predicted octanol–water partition coefficient (Wildman–Crippen LogP) is 3.52. The monoisotopic (exact) mass is 272 g/mol. The molecule has 1 saturated carbocycles. The molecule has 0 radical (unpaired) electrons. The van der Waals surface area contributed by atoms with Gasteiger partial charge in [0.25, 0.3) is 0 Å². The topological polar surface area (TPSA) is 15.3 Å². The molecular weight excluding hydrogens is 244 g/mol. The second-order valence-electron chi connectivity index (χ2n) is 7.16. The van der Waals surface area contributed by atoms with Crippen molar-refractivity contribution < 1.29 is 0 Å². The lowest BCUT2D eigenvalue weighted by molar-refractivity contribution is 0.320. The number of hydrogen-bond acceptors (Lipinski definition) is 2. The SMILES string of the molecule is Cc1cc(C)cc(N2CC(C3CC3)NCC2C(C)C)c1. The molecule has 2 unspecified atom stereocenters. The molecule has 0 spiro atoms. The van der Waals surface area contributed by atoms with E-state index in [1.165, 1.54) is 36.2 Å². The fourth-order valence-corrected chi connectivity index (χ4v) is 3.62. The molecule has 1 heterocycles. The predicted molar refractivity (Wildman–Crippen MR) is 86.4 cm³/mol. The highest BCUT2D eigenvalue weighted by Crippen LogP contribution is 2.36. The normalized spacial score (nSPS) is 27.1. The molecule has 1 aliphatic heterocycles. The summed E-state index contributed by atoms with van der Waals surface area (Å²) in [5.41, 5.74) is 4.18. The summed E-state index contributed by atoms with van der Waals surface area (Å²) in [6.45, 7) is 11.4. The van der Waals surface area contributed by atoms with Crippen LogP contribution < -0.4 is 10.2 Å². The molecule has 0 amide bonds. The Kier molecular flexibility index (Phi) is 3.76. The minimum Gasteiger partial charge on any atom is -0.365 e. The van der Waals surface area contributed by atoms with Crippen molar-refractivity contribution in [3.63, 3.8) is 0 Å². The van der Waals surface area contributed by atoms with Gasteiger partial charge in [-0.3, -0.25) is 0 Å². The Hall–Kier alpha value is -1.02. The van der Waals surface area contributed by atoms with Crippen LogP contribution in [0.1, 0.15) is 37.8 Å². The van der Waals surface area contributed by atoms with E-state index in [-0.39, 0.29) is 0 Å². The molecule has 1 saturated heterocycles. The van der Waals surface area contributed by atoms with Gasteiger partial charge in [-0.25, -0.2) is 0 Å². The molecule has 20 heavy (non-hydrogen) atoms. The third kappa shape index (κ3) is 2.85. The quantitative estimate of drug-likeness (QED) is 0.906. The van der Waals surface area contributed by atoms with Gasteiger partial charge in [0.2, 0.25) is 0 Å². The van der Waals surface area contributed by atoms with E-state index in [0.29, 0.717) is 18.0 Å². The van der Waals surface area contributed by atoms with Crippen molar-refractivity contribution in [2.75, 3.05) is 18.0 Å². The second kappa shape index (κ2) is 5.40. The zero-order valence-corrected chi connectivity index (χ0v) is 13.3. The van der Waals surface area contributed by atoms with Gasteiger partial charge in [-0.15, -0.1) is 0 Å². The number of anilines is 1. The second-order valence-corrected chi connectivity index (χ2v) is 7.16. The fraction of sp³-hybridized carbons (Fsp3) is 0.667. The summed E-state index contributed by atoms with van der Waals surface area (Å²) in [5.74, 6) is 1.61. The maximum atomic E-state index is 3.80. The van der Waals surface area contributed by atoms with E-state index in [1.54, 1.807) is 0 Å². The van der Waals surface area contributed by atoms with Crippen LogP contribution in [0.3, 0.4) is 0 Å². The third-order valence-electron chi connectivity index (χ3n) is 4.88. The standard InChI is InChI=1S/C18H28N2/c1-12(2)18-10-19-17(15-5-6-15)11-20(18)16-8-13(3)7-14(4)9-16/h7-9,12,15,17-19H,5-6,10-11H2,1-4H3. The van der Waals surface area contributed by atoms with Crippen LogP contribution in [0.2, 0.25) is 0 Å². The molecule has 2 heteroatoms. The highest BCUT2D eigenvalue weighted by atomic mass is 15.2. The van der Waals surface area contributed by atoms with Gasteiger partial charge in [0.15, 0.2) is 0 Å². The summed E-state index contributed by atoms with van der Waals surface area (Å²) in [6.07, 6.45) is 2.84. The van der Waals surface area contributed by atoms with Crippen LogP contribution >= 0.6 is 0 Å². The fourth-order valence-electron chi connectivity index (χ4n) is 3.62. The molecule has 3 rings (SSSR count). The van der Waals surface area contributed by atoms with Gasteiger partial charge in [0, 0.05) is 30.9 Å². The van der Waals surface area contributed by atoms with E-state index in [9.17, 15) is 0 Å². The van der Waals surface area contributed by atoms with Crippen molar-refractivity contribution in [2.45, 2.75) is 52.6 Å². The highest BCUT2D eigenvalue weighted by Gasteiger charge is 2.38. The van der Waals surface area contributed by atoms with Crippen molar-refractivity contribution in [3.8, 4) is 0 Å². The van der Waals surface area contributed by atoms with E-state index >= 15 is 0 Å². The van der Waals surface area contributed by atoms with Crippen molar-refractivity contribution in [2.24, 2.45) is 11.8 Å². The van der Waals surface area contributed by atoms with Gasteiger partial charge in [-0.1, -0.05) is 19.9 Å². The third-order valence-corrected chi connectivity index (χ3v) is 4.88. The number of benzene rings is 1. The molecule has 1 aromatic rings. The molecular formula is C18H28N2. The van der Waals surface area contributed by atoms with Crippen molar-refractivity contribution in [3.05, 3.63) is 29.3 Å². The molecule has 1 aliphatic carbocycles. The Morgan fingerprint density at radius 2 is 1.75 bits per heavy atom. The molecule has 2 atom stereocenters. The molecule has 0 bridgehead atoms. The van der Waals surface area contributed by atoms with Gasteiger partial charge < -0.3 is 10.2 Å². The molecule has 0 aromatic heterocycles. The first-order valence-electron chi connectivity index (χ1n) is 8.13. The first-order valence-corrected chi connectivity index (χ1v) is 8.13. The molecule has 2 aliphatic rings. The first-order chi connectivity index (χ1) is 9.54. The smallest absolute Gasteiger partial charge is 0.0438 e. The van der Waals surface area contributed by atoms with Crippen LogP contribution in [0.5, 0.6) is 0 Å². The number of hydrogen-bond donors (Lipinski definition) is 1.